The molecule has 0 spiro atoms. The van der Waals surface area contributed by atoms with Gasteiger partial charge in [-0.2, -0.15) is 18.2 Å². The van der Waals surface area contributed by atoms with Crippen LogP contribution < -0.4 is 0 Å². The minimum atomic E-state index is -4.44. The van der Waals surface area contributed by atoms with Crippen molar-refractivity contribution in [3.63, 3.8) is 0 Å². The summed E-state index contributed by atoms with van der Waals surface area (Å²) in [5.74, 6) is -0.121. The molecule has 0 saturated heterocycles. The first-order valence-electron chi connectivity index (χ1n) is 6.43. The number of hydrogen-bond donors (Lipinski definition) is 0. The normalized spacial score (nSPS) is 13.4. The van der Waals surface area contributed by atoms with Gasteiger partial charge in [-0.3, -0.25) is 0 Å². The minimum Gasteiger partial charge on any atom is -0.607 e. The molecule has 0 aliphatic carbocycles. The average molecular weight is 360 g/mol. The number of nitrogens with zero attached hydrogens (tertiary/aromatic N) is 1. The highest BCUT2D eigenvalue weighted by molar-refractivity contribution is 7.90. The van der Waals surface area contributed by atoms with E-state index in [4.69, 9.17) is 16.0 Å². The Morgan fingerprint density at radius 2 is 1.96 bits per heavy atom. The number of fused-ring (bicyclic) bond motifs is 1. The summed E-state index contributed by atoms with van der Waals surface area (Å²) in [6.45, 7) is 0. The Hall–Kier alpha value is -1.70. The standard InChI is InChI=1S/C15H9ClF3NO2S/c16-11-4-5-12-13(7-11)22-14(20-12)23(21)8-9-2-1-3-10(6-9)15(17,18)19/h1-7H,8H2. The maximum absolute atomic E-state index is 12.7. The van der Waals surface area contributed by atoms with E-state index >= 15 is 0 Å². The van der Waals surface area contributed by atoms with Gasteiger partial charge in [0.1, 0.15) is 11.3 Å². The molecule has 3 nitrogen and oxygen atoms in total. The topological polar surface area (TPSA) is 49.1 Å². The molecule has 0 radical (unpaired) electrons. The molecule has 0 aliphatic heterocycles. The number of halogens is 4. The van der Waals surface area contributed by atoms with Gasteiger partial charge in [0.15, 0.2) is 5.58 Å². The summed E-state index contributed by atoms with van der Waals surface area (Å²) in [5.41, 5.74) is 0.376. The summed E-state index contributed by atoms with van der Waals surface area (Å²) in [4.78, 5) is 4.07. The lowest BCUT2D eigenvalue weighted by Gasteiger charge is -2.09. The molecule has 2 aromatic carbocycles. The fraction of sp³-hybridized carbons (Fsp3) is 0.133. The van der Waals surface area contributed by atoms with Crippen molar-refractivity contribution in [2.45, 2.75) is 17.2 Å². The zero-order valence-corrected chi connectivity index (χ0v) is 13.0. The van der Waals surface area contributed by atoms with Crippen LogP contribution in [0.2, 0.25) is 5.02 Å². The summed E-state index contributed by atoms with van der Waals surface area (Å²) < 4.78 is 55.7. The molecule has 8 heteroatoms. The van der Waals surface area contributed by atoms with Crippen molar-refractivity contribution in [3.8, 4) is 0 Å². The fourth-order valence-electron chi connectivity index (χ4n) is 2.03. The lowest BCUT2D eigenvalue weighted by Crippen LogP contribution is -2.08. The Balaban J connectivity index is 1.84. The third-order valence-corrected chi connectivity index (χ3v) is 4.47. The van der Waals surface area contributed by atoms with E-state index in [0.717, 1.165) is 12.1 Å². The largest absolute Gasteiger partial charge is 0.607 e. The van der Waals surface area contributed by atoms with Gasteiger partial charge in [-0.05, 0) is 24.3 Å². The van der Waals surface area contributed by atoms with E-state index < -0.39 is 22.9 Å². The van der Waals surface area contributed by atoms with Crippen LogP contribution in [0, 0.1) is 0 Å². The van der Waals surface area contributed by atoms with E-state index in [1.165, 1.54) is 18.2 Å². The Morgan fingerprint density at radius 3 is 2.70 bits per heavy atom. The molecule has 23 heavy (non-hydrogen) atoms. The quantitative estimate of drug-likeness (QED) is 0.631. The maximum atomic E-state index is 12.7. The number of oxazole rings is 1. The summed E-state index contributed by atoms with van der Waals surface area (Å²) in [6.07, 6.45) is -4.44. The Kier molecular flexibility index (Phi) is 4.27. The van der Waals surface area contributed by atoms with Crippen molar-refractivity contribution in [1.82, 2.24) is 4.98 Å². The number of aromatic nitrogens is 1. The highest BCUT2D eigenvalue weighted by Gasteiger charge is 2.31. The van der Waals surface area contributed by atoms with Crippen molar-refractivity contribution < 1.29 is 22.1 Å². The van der Waals surface area contributed by atoms with Crippen LogP contribution in [-0.2, 0) is 23.1 Å². The second kappa shape index (κ2) is 6.07. The lowest BCUT2D eigenvalue weighted by molar-refractivity contribution is -0.137. The Labute approximate surface area is 137 Å². The van der Waals surface area contributed by atoms with E-state index in [-0.39, 0.29) is 11.0 Å². The molecule has 3 rings (SSSR count). The van der Waals surface area contributed by atoms with Gasteiger partial charge in [-0.15, -0.1) is 0 Å². The van der Waals surface area contributed by atoms with Crippen molar-refractivity contribution >= 4 is 33.9 Å². The molecular weight excluding hydrogens is 351 g/mol. The fourth-order valence-corrected chi connectivity index (χ4v) is 3.18. The van der Waals surface area contributed by atoms with Crippen molar-refractivity contribution in [1.29, 1.82) is 0 Å². The van der Waals surface area contributed by atoms with Crippen LogP contribution in [0.25, 0.3) is 11.1 Å². The summed E-state index contributed by atoms with van der Waals surface area (Å²) in [5, 5.41) is 0.406. The molecule has 0 bridgehead atoms. The highest BCUT2D eigenvalue weighted by Crippen LogP contribution is 2.30. The van der Waals surface area contributed by atoms with E-state index in [1.54, 1.807) is 12.1 Å². The predicted molar refractivity (Wildman–Crippen MR) is 80.6 cm³/mol. The third kappa shape index (κ3) is 3.63. The first-order valence-corrected chi connectivity index (χ1v) is 8.13. The monoisotopic (exact) mass is 359 g/mol. The Morgan fingerprint density at radius 1 is 1.17 bits per heavy atom. The van der Waals surface area contributed by atoms with Crippen LogP contribution in [-0.4, -0.2) is 9.54 Å². The first kappa shape index (κ1) is 16.2. The number of alkyl halides is 3. The molecule has 0 aliphatic rings. The van der Waals surface area contributed by atoms with Crippen LogP contribution >= 0.6 is 11.6 Å². The third-order valence-electron chi connectivity index (χ3n) is 3.08. The van der Waals surface area contributed by atoms with Gasteiger partial charge >= 0.3 is 11.4 Å². The molecule has 3 aromatic rings. The molecule has 1 heterocycles. The minimum absolute atomic E-state index is 0.0420. The summed E-state index contributed by atoms with van der Waals surface area (Å²) >= 11 is 4.13. The van der Waals surface area contributed by atoms with Gasteiger partial charge in [0, 0.05) is 16.7 Å². The molecular formula is C15H9ClF3NO2S. The van der Waals surface area contributed by atoms with Crippen LogP contribution in [0.4, 0.5) is 13.2 Å². The van der Waals surface area contributed by atoms with E-state index in [9.17, 15) is 17.7 Å². The van der Waals surface area contributed by atoms with Gasteiger partial charge in [0.25, 0.3) is 0 Å². The van der Waals surface area contributed by atoms with Gasteiger partial charge < -0.3 is 8.97 Å². The van der Waals surface area contributed by atoms with E-state index in [1.807, 2.05) is 0 Å². The number of hydrogen-bond acceptors (Lipinski definition) is 3. The maximum Gasteiger partial charge on any atom is 0.416 e. The van der Waals surface area contributed by atoms with E-state index in [0.29, 0.717) is 21.7 Å². The second-order valence-corrected chi connectivity index (χ2v) is 6.55. The van der Waals surface area contributed by atoms with Crippen LogP contribution in [0.3, 0.4) is 0 Å². The smallest absolute Gasteiger partial charge is 0.416 e. The lowest BCUT2D eigenvalue weighted by atomic mass is 10.1. The van der Waals surface area contributed by atoms with Crippen LogP contribution in [0.1, 0.15) is 11.1 Å². The van der Waals surface area contributed by atoms with E-state index in [2.05, 4.69) is 4.98 Å². The first-order chi connectivity index (χ1) is 10.8. The average Bonchev–Trinajstić information content (AvgIpc) is 2.90. The zero-order valence-electron chi connectivity index (χ0n) is 11.4. The molecule has 1 aromatic heterocycles. The molecule has 1 unspecified atom stereocenters. The van der Waals surface area contributed by atoms with Crippen molar-refractivity contribution in [2.75, 3.05) is 0 Å². The summed E-state index contributed by atoms with van der Waals surface area (Å²) in [6, 6.07) is 9.46. The second-order valence-electron chi connectivity index (χ2n) is 4.78. The van der Waals surface area contributed by atoms with Gasteiger partial charge in [0.05, 0.1) is 16.7 Å². The molecule has 120 valence electrons. The highest BCUT2D eigenvalue weighted by atomic mass is 35.5. The SMILES string of the molecule is [O-][S+](Cc1cccc(C(F)(F)F)c1)c1nc2ccc(Cl)cc2o1. The molecule has 0 amide bonds. The van der Waals surface area contributed by atoms with Crippen molar-refractivity contribution in [3.05, 3.63) is 58.6 Å². The molecule has 0 fully saturated rings. The predicted octanol–water partition coefficient (Wildman–Crippen LogP) is 4.81. The van der Waals surface area contributed by atoms with Crippen LogP contribution in [0.15, 0.2) is 52.1 Å². The number of rotatable bonds is 3. The van der Waals surface area contributed by atoms with Gasteiger partial charge in [-0.25, -0.2) is 0 Å². The zero-order chi connectivity index (χ0) is 16.6. The summed E-state index contributed by atoms with van der Waals surface area (Å²) in [7, 11) is 0. The van der Waals surface area contributed by atoms with Crippen molar-refractivity contribution in [2.24, 2.45) is 0 Å². The van der Waals surface area contributed by atoms with Gasteiger partial charge in [0.2, 0.25) is 0 Å². The molecule has 1 atom stereocenters. The van der Waals surface area contributed by atoms with Gasteiger partial charge in [-0.1, -0.05) is 23.7 Å². The van der Waals surface area contributed by atoms with Crippen LogP contribution in [0.5, 0.6) is 0 Å². The molecule has 0 saturated carbocycles. The number of benzene rings is 2. The Bertz CT molecular complexity index is 850. The molecule has 0 N–H and O–H groups in total.